The highest BCUT2D eigenvalue weighted by molar-refractivity contribution is 6.03. The summed E-state index contributed by atoms with van der Waals surface area (Å²) >= 11 is 0. The fourth-order valence-corrected chi connectivity index (χ4v) is 6.57. The Labute approximate surface area is 219 Å². The Bertz CT molecular complexity index is 1640. The van der Waals surface area contributed by atoms with Crippen molar-refractivity contribution in [1.29, 1.82) is 0 Å². The Morgan fingerprint density at radius 2 is 1.74 bits per heavy atom. The predicted octanol–water partition coefficient (Wildman–Crippen LogP) is 4.18. The van der Waals surface area contributed by atoms with Gasteiger partial charge in [-0.25, -0.2) is 4.79 Å². The van der Waals surface area contributed by atoms with Crippen molar-refractivity contribution in [2.75, 3.05) is 25.0 Å². The van der Waals surface area contributed by atoms with Crippen molar-refractivity contribution < 1.29 is 9.59 Å². The van der Waals surface area contributed by atoms with Crippen molar-refractivity contribution >= 4 is 28.5 Å². The molecule has 5 heterocycles. The number of urea groups is 1. The summed E-state index contributed by atoms with van der Waals surface area (Å²) in [7, 11) is 0. The molecule has 4 aromatic rings. The number of benzene rings is 2. The van der Waals surface area contributed by atoms with E-state index in [1.54, 1.807) is 24.3 Å². The lowest BCUT2D eigenvalue weighted by molar-refractivity contribution is 0.0734. The van der Waals surface area contributed by atoms with Crippen LogP contribution in [0.2, 0.25) is 0 Å². The molecule has 8 heteroatoms. The van der Waals surface area contributed by atoms with Gasteiger partial charge in [-0.2, -0.15) is 0 Å². The van der Waals surface area contributed by atoms with Crippen LogP contribution in [0.25, 0.3) is 10.9 Å². The molecule has 2 aromatic carbocycles. The maximum Gasteiger partial charge on any atom is 0.321 e. The summed E-state index contributed by atoms with van der Waals surface area (Å²) in [5.74, 6) is 0.287. The third kappa shape index (κ3) is 3.79. The molecular weight excluding hydrogens is 478 g/mol. The molecule has 8 nitrogen and oxygen atoms in total. The smallest absolute Gasteiger partial charge is 0.321 e. The summed E-state index contributed by atoms with van der Waals surface area (Å²) in [5, 5.41) is 4.25. The zero-order valence-electron chi connectivity index (χ0n) is 21.0. The van der Waals surface area contributed by atoms with Crippen molar-refractivity contribution in [1.82, 2.24) is 19.4 Å². The van der Waals surface area contributed by atoms with Crippen LogP contribution in [0.15, 0.2) is 71.5 Å². The lowest BCUT2D eigenvalue weighted by Crippen LogP contribution is -2.50. The third-order valence-corrected chi connectivity index (χ3v) is 8.34. The number of H-pyrrole nitrogens is 1. The molecule has 0 saturated carbocycles. The Balaban J connectivity index is 1.09. The molecular formula is C30H29N5O3. The summed E-state index contributed by atoms with van der Waals surface area (Å²) < 4.78 is 1.86. The molecule has 1 saturated heterocycles. The normalized spacial score (nSPS) is 20.1. The van der Waals surface area contributed by atoms with Gasteiger partial charge in [0.15, 0.2) is 0 Å². The third-order valence-electron chi connectivity index (χ3n) is 8.34. The molecule has 2 N–H and O–H groups in total. The minimum atomic E-state index is -0.205. The number of anilines is 1. The molecule has 2 atom stereocenters. The number of rotatable bonds is 2. The van der Waals surface area contributed by atoms with Gasteiger partial charge in [0.1, 0.15) is 0 Å². The van der Waals surface area contributed by atoms with E-state index in [2.05, 4.69) is 22.4 Å². The van der Waals surface area contributed by atoms with Gasteiger partial charge >= 0.3 is 6.03 Å². The lowest BCUT2D eigenvalue weighted by atomic mass is 9.83. The number of hydrogen-bond acceptors (Lipinski definition) is 3. The molecule has 0 aliphatic carbocycles. The van der Waals surface area contributed by atoms with E-state index in [-0.39, 0.29) is 29.3 Å². The van der Waals surface area contributed by atoms with Gasteiger partial charge in [-0.1, -0.05) is 36.4 Å². The molecule has 7 rings (SSSR count). The van der Waals surface area contributed by atoms with Gasteiger partial charge in [0.25, 0.3) is 11.5 Å². The van der Waals surface area contributed by atoms with Gasteiger partial charge in [0, 0.05) is 60.5 Å². The molecule has 192 valence electrons. The zero-order chi connectivity index (χ0) is 25.8. The molecule has 2 bridgehead atoms. The highest BCUT2D eigenvalue weighted by atomic mass is 16.2. The number of carbonyl (C=O) groups excluding carboxylic acids is 2. The van der Waals surface area contributed by atoms with E-state index in [9.17, 15) is 14.4 Å². The number of carbonyl (C=O) groups is 2. The molecule has 38 heavy (non-hydrogen) atoms. The Kier molecular flexibility index (Phi) is 5.35. The predicted molar refractivity (Wildman–Crippen MR) is 145 cm³/mol. The van der Waals surface area contributed by atoms with Gasteiger partial charge in [-0.05, 0) is 48.6 Å². The number of amides is 3. The van der Waals surface area contributed by atoms with Crippen LogP contribution in [0.4, 0.5) is 10.5 Å². The Hall–Kier alpha value is -4.33. The maximum atomic E-state index is 13.6. The van der Waals surface area contributed by atoms with Gasteiger partial charge < -0.3 is 24.7 Å². The van der Waals surface area contributed by atoms with Gasteiger partial charge in [0.2, 0.25) is 0 Å². The SMILES string of the molecule is O=C(Nc1ccccc1C(=O)N1CCc2c([nH]c3ccccc23)C1)N1CC2CC(C1)c1cccc(=O)n1C2. The van der Waals surface area contributed by atoms with E-state index >= 15 is 0 Å². The van der Waals surface area contributed by atoms with Crippen LogP contribution in [0.3, 0.4) is 0 Å². The number of para-hydroxylation sites is 2. The topological polar surface area (TPSA) is 90.4 Å². The lowest BCUT2D eigenvalue weighted by Gasteiger charge is -2.42. The Morgan fingerprint density at radius 3 is 2.66 bits per heavy atom. The van der Waals surface area contributed by atoms with E-state index in [1.807, 2.05) is 44.7 Å². The second kappa shape index (κ2) is 8.90. The molecule has 0 spiro atoms. The van der Waals surface area contributed by atoms with Crippen LogP contribution in [0, 0.1) is 5.92 Å². The standard InChI is InChI=1S/C30H29N5O3/c36-28-11-5-10-27-20-14-19(16-35(27)28)15-34(17-20)30(38)32-25-9-4-2-7-23(25)29(37)33-13-12-22-21-6-1-3-8-24(21)31-26(22)18-33/h1-11,19-20,31H,12-18H2,(H,32,38). The average Bonchev–Trinajstić information content (AvgIpc) is 3.31. The Morgan fingerprint density at radius 1 is 0.895 bits per heavy atom. The molecule has 3 aliphatic heterocycles. The summed E-state index contributed by atoms with van der Waals surface area (Å²) in [6.45, 7) is 2.92. The number of hydrogen-bond donors (Lipinski definition) is 2. The first-order valence-corrected chi connectivity index (χ1v) is 13.3. The number of likely N-dealkylation sites (tertiary alicyclic amines) is 1. The van der Waals surface area contributed by atoms with Crippen LogP contribution >= 0.6 is 0 Å². The van der Waals surface area contributed by atoms with E-state index in [0.29, 0.717) is 44.0 Å². The second-order valence-corrected chi connectivity index (χ2v) is 10.7. The fraction of sp³-hybridized carbons (Fsp3) is 0.300. The summed E-state index contributed by atoms with van der Waals surface area (Å²) in [6, 6.07) is 20.7. The zero-order valence-corrected chi connectivity index (χ0v) is 21.0. The number of aromatic amines is 1. The molecule has 2 unspecified atom stereocenters. The van der Waals surface area contributed by atoms with Crippen molar-refractivity contribution in [2.45, 2.75) is 31.8 Å². The second-order valence-electron chi connectivity index (χ2n) is 10.7. The minimum Gasteiger partial charge on any atom is -0.357 e. The van der Waals surface area contributed by atoms with Crippen LogP contribution in [0.1, 0.15) is 39.6 Å². The van der Waals surface area contributed by atoms with E-state index in [4.69, 9.17) is 0 Å². The number of fused-ring (bicyclic) bond motifs is 7. The van der Waals surface area contributed by atoms with E-state index in [1.165, 1.54) is 10.9 Å². The largest absolute Gasteiger partial charge is 0.357 e. The number of aromatic nitrogens is 2. The quantitative estimate of drug-likeness (QED) is 0.427. The van der Waals surface area contributed by atoms with Crippen LogP contribution < -0.4 is 10.9 Å². The van der Waals surface area contributed by atoms with Crippen molar-refractivity contribution in [3.63, 3.8) is 0 Å². The molecule has 1 fully saturated rings. The first-order valence-electron chi connectivity index (χ1n) is 13.3. The number of pyridine rings is 1. The molecule has 2 aromatic heterocycles. The van der Waals surface area contributed by atoms with Gasteiger partial charge in [-0.15, -0.1) is 0 Å². The molecule has 0 radical (unpaired) electrons. The van der Waals surface area contributed by atoms with Crippen LogP contribution in [-0.2, 0) is 19.5 Å². The maximum absolute atomic E-state index is 13.6. The van der Waals surface area contributed by atoms with Crippen molar-refractivity contribution in [2.24, 2.45) is 5.92 Å². The fourth-order valence-electron chi connectivity index (χ4n) is 6.57. The number of nitrogens with zero attached hydrogens (tertiary/aromatic N) is 3. The highest BCUT2D eigenvalue weighted by Crippen LogP contribution is 2.35. The number of nitrogens with one attached hydrogen (secondary N) is 2. The average molecular weight is 508 g/mol. The van der Waals surface area contributed by atoms with Crippen LogP contribution in [0.5, 0.6) is 0 Å². The minimum absolute atomic E-state index is 0.0276. The highest BCUT2D eigenvalue weighted by Gasteiger charge is 2.36. The van der Waals surface area contributed by atoms with Gasteiger partial charge in [0.05, 0.1) is 17.8 Å². The van der Waals surface area contributed by atoms with Crippen LogP contribution in [-0.4, -0.2) is 50.9 Å². The molecule has 3 amide bonds. The van der Waals surface area contributed by atoms with E-state index in [0.717, 1.165) is 29.7 Å². The number of piperidine rings is 1. The van der Waals surface area contributed by atoms with Gasteiger partial charge in [-0.3, -0.25) is 9.59 Å². The summed E-state index contributed by atoms with van der Waals surface area (Å²) in [6.07, 6.45) is 1.77. The van der Waals surface area contributed by atoms with Crippen molar-refractivity contribution in [3.05, 3.63) is 99.6 Å². The first kappa shape index (κ1) is 22.8. The van der Waals surface area contributed by atoms with E-state index < -0.39 is 0 Å². The summed E-state index contributed by atoms with van der Waals surface area (Å²) in [5.41, 5.74) is 5.51. The summed E-state index contributed by atoms with van der Waals surface area (Å²) in [4.78, 5) is 46.5. The van der Waals surface area contributed by atoms with Crippen molar-refractivity contribution in [3.8, 4) is 0 Å². The monoisotopic (exact) mass is 507 g/mol. The molecule has 3 aliphatic rings. The first-order chi connectivity index (χ1) is 18.5.